The van der Waals surface area contributed by atoms with E-state index in [1.54, 1.807) is 18.7 Å². The van der Waals surface area contributed by atoms with Gasteiger partial charge < -0.3 is 10.4 Å². The van der Waals surface area contributed by atoms with Gasteiger partial charge in [0.15, 0.2) is 0 Å². The van der Waals surface area contributed by atoms with E-state index in [0.717, 1.165) is 12.1 Å². The van der Waals surface area contributed by atoms with Crippen molar-refractivity contribution in [2.45, 2.75) is 19.4 Å². The molecular weight excluding hydrogens is 292 g/mol. The summed E-state index contributed by atoms with van der Waals surface area (Å²) >= 11 is 0. The minimum Gasteiger partial charge on any atom is -0.383 e. The van der Waals surface area contributed by atoms with Crippen molar-refractivity contribution >= 4 is 5.91 Å². The molecule has 0 fully saturated rings. The first-order valence-electron chi connectivity index (χ1n) is 6.67. The molecule has 0 aliphatic rings. The fourth-order valence-electron chi connectivity index (χ4n) is 2.09. The van der Waals surface area contributed by atoms with Gasteiger partial charge in [-0.3, -0.25) is 9.48 Å². The molecule has 0 radical (unpaired) electrons. The Bertz CT molecular complexity index is 711. The summed E-state index contributed by atoms with van der Waals surface area (Å²) in [6.45, 7) is 2.86. The number of hydrogen-bond donors (Lipinski definition) is 2. The Morgan fingerprint density at radius 2 is 2.14 bits per heavy atom. The van der Waals surface area contributed by atoms with Crippen LogP contribution in [-0.2, 0) is 12.6 Å². The molecular formula is C15H17F2N3O2. The van der Waals surface area contributed by atoms with E-state index >= 15 is 0 Å². The van der Waals surface area contributed by atoms with Crippen molar-refractivity contribution in [3.8, 4) is 0 Å². The Kier molecular flexibility index (Phi) is 4.27. The van der Waals surface area contributed by atoms with Gasteiger partial charge >= 0.3 is 0 Å². The van der Waals surface area contributed by atoms with E-state index in [0.29, 0.717) is 17.3 Å². The average molecular weight is 309 g/mol. The van der Waals surface area contributed by atoms with E-state index in [9.17, 15) is 18.7 Å². The zero-order valence-corrected chi connectivity index (χ0v) is 12.5. The van der Waals surface area contributed by atoms with Crippen LogP contribution < -0.4 is 5.32 Å². The number of halogens is 2. The molecule has 2 aromatic rings. The second-order valence-corrected chi connectivity index (χ2v) is 5.35. The highest BCUT2D eigenvalue weighted by Gasteiger charge is 2.28. The number of benzene rings is 1. The zero-order chi connectivity index (χ0) is 16.5. The van der Waals surface area contributed by atoms with Gasteiger partial charge in [0.25, 0.3) is 5.91 Å². The van der Waals surface area contributed by atoms with Crippen LogP contribution >= 0.6 is 0 Å². The number of aliphatic hydroxyl groups is 1. The van der Waals surface area contributed by atoms with E-state index in [1.807, 2.05) is 0 Å². The summed E-state index contributed by atoms with van der Waals surface area (Å²) in [7, 11) is 1.70. The second-order valence-electron chi connectivity index (χ2n) is 5.35. The first-order valence-corrected chi connectivity index (χ1v) is 6.67. The lowest BCUT2D eigenvalue weighted by atomic mass is 9.95. The van der Waals surface area contributed by atoms with E-state index in [2.05, 4.69) is 10.4 Å². The van der Waals surface area contributed by atoms with Gasteiger partial charge in [-0.2, -0.15) is 5.10 Å². The summed E-state index contributed by atoms with van der Waals surface area (Å²) < 4.78 is 28.2. The van der Waals surface area contributed by atoms with Crippen LogP contribution in [0.15, 0.2) is 24.4 Å². The maximum Gasteiger partial charge on any atom is 0.254 e. The van der Waals surface area contributed by atoms with Crippen LogP contribution in [0.2, 0.25) is 0 Å². The standard InChI is InChI=1S/C15H17F2N3O2/c1-9-11(7-19-20(9)3)14(21)18-8-15(2,22)12-5-4-10(16)6-13(12)17/h4-7,22H,8H2,1-3H3,(H,18,21)/t15-/m1/s1. The highest BCUT2D eigenvalue weighted by atomic mass is 19.1. The molecule has 0 aliphatic heterocycles. The maximum atomic E-state index is 13.7. The molecule has 1 atom stereocenters. The topological polar surface area (TPSA) is 67.2 Å². The van der Waals surface area contributed by atoms with Crippen LogP contribution in [0.3, 0.4) is 0 Å². The molecule has 1 aromatic carbocycles. The van der Waals surface area contributed by atoms with Crippen LogP contribution in [0.25, 0.3) is 0 Å². The number of carbonyl (C=O) groups excluding carboxylic acids is 1. The Hall–Kier alpha value is -2.28. The molecule has 0 bridgehead atoms. The Labute approximate surface area is 126 Å². The van der Waals surface area contributed by atoms with Gasteiger partial charge in [-0.05, 0) is 19.9 Å². The molecule has 1 heterocycles. The lowest BCUT2D eigenvalue weighted by Gasteiger charge is -2.24. The molecule has 0 saturated heterocycles. The van der Waals surface area contributed by atoms with E-state index < -0.39 is 23.1 Å². The molecule has 22 heavy (non-hydrogen) atoms. The van der Waals surface area contributed by atoms with E-state index in [1.165, 1.54) is 13.1 Å². The van der Waals surface area contributed by atoms with Crippen molar-refractivity contribution in [3.05, 3.63) is 52.9 Å². The first-order chi connectivity index (χ1) is 10.2. The minimum atomic E-state index is -1.66. The van der Waals surface area contributed by atoms with Crippen molar-refractivity contribution in [1.82, 2.24) is 15.1 Å². The van der Waals surface area contributed by atoms with Crippen molar-refractivity contribution in [2.24, 2.45) is 7.05 Å². The predicted octanol–water partition coefficient (Wildman–Crippen LogP) is 1.64. The third-order valence-electron chi connectivity index (χ3n) is 3.58. The van der Waals surface area contributed by atoms with Crippen molar-refractivity contribution < 1.29 is 18.7 Å². The molecule has 0 saturated carbocycles. The number of nitrogens with zero attached hydrogens (tertiary/aromatic N) is 2. The van der Waals surface area contributed by atoms with Gasteiger partial charge in [-0.1, -0.05) is 6.07 Å². The number of hydrogen-bond acceptors (Lipinski definition) is 3. The lowest BCUT2D eigenvalue weighted by Crippen LogP contribution is -2.39. The molecule has 0 unspecified atom stereocenters. The van der Waals surface area contributed by atoms with Gasteiger partial charge in [0, 0.05) is 24.4 Å². The van der Waals surface area contributed by atoms with Gasteiger partial charge in [-0.15, -0.1) is 0 Å². The van der Waals surface area contributed by atoms with Gasteiger partial charge in [0.2, 0.25) is 0 Å². The van der Waals surface area contributed by atoms with Crippen molar-refractivity contribution in [3.63, 3.8) is 0 Å². The molecule has 1 amide bonds. The largest absolute Gasteiger partial charge is 0.383 e. The lowest BCUT2D eigenvalue weighted by molar-refractivity contribution is 0.0494. The fraction of sp³-hybridized carbons (Fsp3) is 0.333. The summed E-state index contributed by atoms with van der Waals surface area (Å²) in [4.78, 5) is 12.1. The average Bonchev–Trinajstić information content (AvgIpc) is 2.76. The number of carbonyl (C=O) groups is 1. The van der Waals surface area contributed by atoms with Gasteiger partial charge in [0.1, 0.15) is 17.2 Å². The second kappa shape index (κ2) is 5.84. The summed E-state index contributed by atoms with van der Waals surface area (Å²) in [5.74, 6) is -2.02. The van der Waals surface area contributed by atoms with Crippen molar-refractivity contribution in [2.75, 3.05) is 6.54 Å². The molecule has 0 aliphatic carbocycles. The van der Waals surface area contributed by atoms with Crippen LogP contribution in [0.1, 0.15) is 28.5 Å². The van der Waals surface area contributed by atoms with Crippen LogP contribution in [0.4, 0.5) is 8.78 Å². The number of aromatic nitrogens is 2. The smallest absolute Gasteiger partial charge is 0.254 e. The number of rotatable bonds is 4. The first kappa shape index (κ1) is 16.1. The Balaban J connectivity index is 2.12. The van der Waals surface area contributed by atoms with E-state index in [4.69, 9.17) is 0 Å². The molecule has 1 aromatic heterocycles. The summed E-state index contributed by atoms with van der Waals surface area (Å²) in [5, 5.41) is 16.8. The molecule has 2 N–H and O–H groups in total. The third-order valence-corrected chi connectivity index (χ3v) is 3.58. The summed E-state index contributed by atoms with van der Waals surface area (Å²) in [5.41, 5.74) is -0.705. The van der Waals surface area contributed by atoms with Crippen LogP contribution in [0.5, 0.6) is 0 Å². The third kappa shape index (κ3) is 3.14. The molecule has 118 valence electrons. The van der Waals surface area contributed by atoms with Crippen LogP contribution in [-0.4, -0.2) is 27.3 Å². The Morgan fingerprint density at radius 3 is 2.68 bits per heavy atom. The molecule has 2 rings (SSSR count). The SMILES string of the molecule is Cc1c(C(=O)NC[C@@](C)(O)c2ccc(F)cc2F)cnn1C. The van der Waals surface area contributed by atoms with Gasteiger partial charge in [-0.25, -0.2) is 8.78 Å². The maximum absolute atomic E-state index is 13.7. The monoisotopic (exact) mass is 309 g/mol. The van der Waals surface area contributed by atoms with Gasteiger partial charge in [0.05, 0.1) is 18.3 Å². The normalized spacial score (nSPS) is 13.7. The zero-order valence-electron chi connectivity index (χ0n) is 12.5. The minimum absolute atomic E-state index is 0.0860. The number of amides is 1. The van der Waals surface area contributed by atoms with Crippen LogP contribution in [0, 0.1) is 18.6 Å². The number of nitrogens with one attached hydrogen (secondary N) is 1. The Morgan fingerprint density at radius 1 is 1.45 bits per heavy atom. The fourth-order valence-corrected chi connectivity index (χ4v) is 2.09. The van der Waals surface area contributed by atoms with E-state index in [-0.39, 0.29) is 12.1 Å². The van der Waals surface area contributed by atoms with Crippen molar-refractivity contribution in [1.29, 1.82) is 0 Å². The quantitative estimate of drug-likeness (QED) is 0.902. The molecule has 7 heteroatoms. The predicted molar refractivity (Wildman–Crippen MR) is 76.2 cm³/mol. The molecule has 0 spiro atoms. The summed E-state index contributed by atoms with van der Waals surface area (Å²) in [6.07, 6.45) is 1.41. The molecule has 5 nitrogen and oxygen atoms in total. The highest BCUT2D eigenvalue weighted by Crippen LogP contribution is 2.23. The highest BCUT2D eigenvalue weighted by molar-refractivity contribution is 5.95. The number of aryl methyl sites for hydroxylation is 1. The summed E-state index contributed by atoms with van der Waals surface area (Å²) in [6, 6.07) is 2.91.